The zero-order valence-corrected chi connectivity index (χ0v) is 11.6. The molecule has 1 N–H and O–H groups in total. The number of hydrogen-bond donors (Lipinski definition) is 1. The molecule has 0 amide bonds. The van der Waals surface area contributed by atoms with Gasteiger partial charge in [-0.25, -0.2) is 13.1 Å². The van der Waals surface area contributed by atoms with E-state index in [2.05, 4.69) is 9.46 Å². The molecular formula is C11H14ClF2NO3S. The maximum Gasteiger partial charge on any atom is 0.387 e. The summed E-state index contributed by atoms with van der Waals surface area (Å²) in [6, 6.07) is 5.74. The molecule has 0 saturated carbocycles. The van der Waals surface area contributed by atoms with Crippen LogP contribution >= 0.6 is 11.6 Å². The van der Waals surface area contributed by atoms with Gasteiger partial charge in [-0.05, 0) is 24.1 Å². The molecule has 8 heteroatoms. The van der Waals surface area contributed by atoms with Crippen molar-refractivity contribution in [2.75, 3.05) is 11.6 Å². The van der Waals surface area contributed by atoms with E-state index >= 15 is 0 Å². The van der Waals surface area contributed by atoms with Crippen LogP contribution in [0.3, 0.4) is 0 Å². The van der Waals surface area contributed by atoms with Crippen molar-refractivity contribution in [1.29, 1.82) is 0 Å². The minimum atomic E-state index is -3.36. The number of nitrogens with one attached hydrogen (secondary N) is 1. The molecule has 0 saturated heterocycles. The highest BCUT2D eigenvalue weighted by Crippen LogP contribution is 2.14. The van der Waals surface area contributed by atoms with Crippen molar-refractivity contribution in [2.24, 2.45) is 0 Å². The van der Waals surface area contributed by atoms with Gasteiger partial charge in [0.2, 0.25) is 10.0 Å². The largest absolute Gasteiger partial charge is 0.435 e. The average molecular weight is 314 g/mol. The third-order valence-electron chi connectivity index (χ3n) is 2.19. The summed E-state index contributed by atoms with van der Waals surface area (Å²) >= 11 is 5.42. The van der Waals surface area contributed by atoms with E-state index in [9.17, 15) is 17.2 Å². The summed E-state index contributed by atoms with van der Waals surface area (Å²) in [6.45, 7) is -2.78. The Balaban J connectivity index is 2.50. The number of rotatable bonds is 8. The maximum atomic E-state index is 11.9. The number of hydrogen-bond acceptors (Lipinski definition) is 3. The summed E-state index contributed by atoms with van der Waals surface area (Å²) in [7, 11) is -3.36. The fourth-order valence-corrected chi connectivity index (χ4v) is 2.65. The van der Waals surface area contributed by atoms with E-state index in [1.807, 2.05) is 0 Å². The summed E-state index contributed by atoms with van der Waals surface area (Å²) in [6.07, 6.45) is 0.373. The van der Waals surface area contributed by atoms with Gasteiger partial charge < -0.3 is 4.74 Å². The Bertz CT molecular complexity index is 479. The lowest BCUT2D eigenvalue weighted by atomic mass is 10.2. The fourth-order valence-electron chi connectivity index (χ4n) is 1.30. The zero-order valence-electron chi connectivity index (χ0n) is 9.98. The number of sulfonamides is 1. The average Bonchev–Trinajstić information content (AvgIpc) is 2.35. The maximum absolute atomic E-state index is 11.9. The molecule has 0 aliphatic rings. The predicted octanol–water partition coefficient (Wildman–Crippen LogP) is 2.34. The van der Waals surface area contributed by atoms with Crippen molar-refractivity contribution in [2.45, 2.75) is 19.6 Å². The van der Waals surface area contributed by atoms with Crippen LogP contribution in [0.2, 0.25) is 0 Å². The number of benzene rings is 1. The quantitative estimate of drug-likeness (QED) is 0.749. The topological polar surface area (TPSA) is 55.4 Å². The van der Waals surface area contributed by atoms with Gasteiger partial charge in [-0.15, -0.1) is 11.6 Å². The molecule has 0 unspecified atom stereocenters. The van der Waals surface area contributed by atoms with Gasteiger partial charge >= 0.3 is 6.61 Å². The van der Waals surface area contributed by atoms with Crippen LogP contribution in [0, 0.1) is 0 Å². The summed E-state index contributed by atoms with van der Waals surface area (Å²) < 4.78 is 53.4. The lowest BCUT2D eigenvalue weighted by Crippen LogP contribution is -2.26. The smallest absolute Gasteiger partial charge is 0.387 e. The SMILES string of the molecule is O=S(=O)(CCCCl)NCc1ccc(OC(F)F)cc1. The molecule has 0 radical (unpaired) electrons. The molecule has 19 heavy (non-hydrogen) atoms. The molecule has 0 aliphatic carbocycles. The normalized spacial score (nSPS) is 11.8. The molecule has 0 aromatic heterocycles. The first-order valence-corrected chi connectivity index (χ1v) is 7.68. The molecule has 0 spiro atoms. The third kappa shape index (κ3) is 6.70. The first kappa shape index (κ1) is 16.1. The molecule has 108 valence electrons. The van der Waals surface area contributed by atoms with E-state index in [0.29, 0.717) is 12.0 Å². The van der Waals surface area contributed by atoms with Crippen LogP contribution in [0.25, 0.3) is 0 Å². The van der Waals surface area contributed by atoms with Gasteiger partial charge in [0.1, 0.15) is 5.75 Å². The van der Waals surface area contributed by atoms with Crippen LogP contribution in [0.4, 0.5) is 8.78 Å². The second-order valence-electron chi connectivity index (χ2n) is 3.70. The molecule has 1 rings (SSSR count). The standard InChI is InChI=1S/C11H14ClF2NO3S/c12-6-1-7-19(16,17)15-8-9-2-4-10(5-3-9)18-11(13)14/h2-5,11,15H,1,6-8H2. The summed E-state index contributed by atoms with van der Waals surface area (Å²) in [5, 5.41) is 0. The van der Waals surface area contributed by atoms with Crippen LogP contribution in [-0.2, 0) is 16.6 Å². The first-order valence-electron chi connectivity index (χ1n) is 5.50. The molecule has 0 aliphatic heterocycles. The second-order valence-corrected chi connectivity index (χ2v) is 6.01. The molecule has 1 aromatic carbocycles. The summed E-state index contributed by atoms with van der Waals surface area (Å²) in [5.74, 6) is 0.271. The van der Waals surface area contributed by atoms with Crippen molar-refractivity contribution < 1.29 is 21.9 Å². The van der Waals surface area contributed by atoms with Crippen LogP contribution in [-0.4, -0.2) is 26.7 Å². The van der Waals surface area contributed by atoms with Gasteiger partial charge in [-0.2, -0.15) is 8.78 Å². The Kier molecular flexibility index (Phi) is 6.47. The van der Waals surface area contributed by atoms with Gasteiger partial charge in [0.25, 0.3) is 0 Å². The Labute approximate surface area is 115 Å². The van der Waals surface area contributed by atoms with Crippen molar-refractivity contribution in [1.82, 2.24) is 4.72 Å². The monoisotopic (exact) mass is 313 g/mol. The number of halogens is 3. The Hall–Kier alpha value is -0.920. The van der Waals surface area contributed by atoms with Crippen molar-refractivity contribution in [3.63, 3.8) is 0 Å². The van der Waals surface area contributed by atoms with Gasteiger partial charge in [0, 0.05) is 12.4 Å². The highest BCUT2D eigenvalue weighted by molar-refractivity contribution is 7.89. The van der Waals surface area contributed by atoms with Crippen molar-refractivity contribution in [3.05, 3.63) is 29.8 Å². The Morgan fingerprint density at radius 1 is 1.26 bits per heavy atom. The zero-order chi connectivity index (χ0) is 14.3. The van der Waals surface area contributed by atoms with E-state index in [1.54, 1.807) is 0 Å². The lowest BCUT2D eigenvalue weighted by molar-refractivity contribution is -0.0498. The van der Waals surface area contributed by atoms with Gasteiger partial charge in [0.05, 0.1) is 5.75 Å². The molecule has 0 heterocycles. The minimum absolute atomic E-state index is 0.0312. The van der Waals surface area contributed by atoms with Gasteiger partial charge in [0.15, 0.2) is 0 Å². The van der Waals surface area contributed by atoms with E-state index < -0.39 is 16.6 Å². The van der Waals surface area contributed by atoms with Gasteiger partial charge in [-0.3, -0.25) is 0 Å². The number of alkyl halides is 3. The van der Waals surface area contributed by atoms with Crippen LogP contribution in [0.1, 0.15) is 12.0 Å². The van der Waals surface area contributed by atoms with Crippen LogP contribution < -0.4 is 9.46 Å². The molecule has 4 nitrogen and oxygen atoms in total. The first-order chi connectivity index (χ1) is 8.93. The summed E-state index contributed by atoms with van der Waals surface area (Å²) in [4.78, 5) is 0. The Morgan fingerprint density at radius 3 is 2.42 bits per heavy atom. The van der Waals surface area contributed by atoms with Crippen LogP contribution in [0.5, 0.6) is 5.75 Å². The third-order valence-corrected chi connectivity index (χ3v) is 3.87. The van der Waals surface area contributed by atoms with Crippen molar-refractivity contribution >= 4 is 21.6 Å². The molecular weight excluding hydrogens is 300 g/mol. The number of ether oxygens (including phenoxy) is 1. The summed E-state index contributed by atoms with van der Waals surface area (Å²) in [5.41, 5.74) is 0.649. The highest BCUT2D eigenvalue weighted by atomic mass is 35.5. The van der Waals surface area contributed by atoms with Gasteiger partial charge in [-0.1, -0.05) is 12.1 Å². The second kappa shape index (κ2) is 7.62. The van der Waals surface area contributed by atoms with E-state index in [4.69, 9.17) is 11.6 Å². The molecule has 0 fully saturated rings. The van der Waals surface area contributed by atoms with E-state index in [-0.39, 0.29) is 23.9 Å². The van der Waals surface area contributed by atoms with Crippen molar-refractivity contribution in [3.8, 4) is 5.75 Å². The van der Waals surface area contributed by atoms with E-state index in [1.165, 1.54) is 24.3 Å². The Morgan fingerprint density at radius 2 is 1.89 bits per heavy atom. The molecule has 0 atom stereocenters. The lowest BCUT2D eigenvalue weighted by Gasteiger charge is -2.07. The predicted molar refractivity (Wildman–Crippen MR) is 69.0 cm³/mol. The minimum Gasteiger partial charge on any atom is -0.435 e. The fraction of sp³-hybridized carbons (Fsp3) is 0.455. The molecule has 0 bridgehead atoms. The molecule has 1 aromatic rings. The highest BCUT2D eigenvalue weighted by Gasteiger charge is 2.09. The van der Waals surface area contributed by atoms with Crippen LogP contribution in [0.15, 0.2) is 24.3 Å². The van der Waals surface area contributed by atoms with E-state index in [0.717, 1.165) is 0 Å².